The van der Waals surface area contributed by atoms with Crippen molar-refractivity contribution in [3.63, 3.8) is 0 Å². The van der Waals surface area contributed by atoms with Gasteiger partial charge in [-0.3, -0.25) is 0 Å². The lowest BCUT2D eigenvalue weighted by molar-refractivity contribution is -0.155. The number of hydroxylamine groups is 1. The van der Waals surface area contributed by atoms with Crippen LogP contribution in [0.2, 0.25) is 0 Å². The van der Waals surface area contributed by atoms with E-state index in [1.807, 2.05) is 12.4 Å². The number of hydrogen-bond donors (Lipinski definition) is 1. The number of rotatable bonds is 1. The van der Waals surface area contributed by atoms with E-state index in [9.17, 15) is 9.59 Å². The van der Waals surface area contributed by atoms with Crippen LogP contribution in [0.15, 0.2) is 0 Å². The Morgan fingerprint density at radius 3 is 2.38 bits per heavy atom. The van der Waals surface area contributed by atoms with Crippen molar-refractivity contribution >= 4 is 23.8 Å². The zero-order valence-electron chi connectivity index (χ0n) is 9.90. The van der Waals surface area contributed by atoms with Crippen LogP contribution in [0, 0.1) is 5.92 Å². The third kappa shape index (κ3) is 3.92. The Morgan fingerprint density at radius 1 is 1.38 bits per heavy atom. The highest BCUT2D eigenvalue weighted by molar-refractivity contribution is 8.01. The monoisotopic (exact) mass is 247 g/mol. The van der Waals surface area contributed by atoms with Gasteiger partial charge >= 0.3 is 12.1 Å². The third-order valence-electron chi connectivity index (χ3n) is 2.04. The summed E-state index contributed by atoms with van der Waals surface area (Å²) in [6.07, 6.45) is -0.750. The first-order chi connectivity index (χ1) is 7.29. The molecular formula is C10H17NO4S. The van der Waals surface area contributed by atoms with Gasteiger partial charge in [-0.1, -0.05) is 6.92 Å². The second-order valence-electron chi connectivity index (χ2n) is 4.67. The van der Waals surface area contributed by atoms with Gasteiger partial charge in [-0.05, 0) is 20.8 Å². The van der Waals surface area contributed by atoms with Crippen molar-refractivity contribution in [3.05, 3.63) is 0 Å². The van der Waals surface area contributed by atoms with E-state index >= 15 is 0 Å². The van der Waals surface area contributed by atoms with Gasteiger partial charge in [-0.25, -0.2) is 9.59 Å². The molecule has 1 amide bonds. The molecule has 1 heterocycles. The summed E-state index contributed by atoms with van der Waals surface area (Å²) in [6, 6.07) is 0. The second-order valence-corrected chi connectivity index (χ2v) is 6.08. The summed E-state index contributed by atoms with van der Waals surface area (Å²) in [5.74, 6) is 0.216. The van der Waals surface area contributed by atoms with Gasteiger partial charge in [0.2, 0.25) is 0 Å². The molecule has 1 N–H and O–H groups in total. The minimum atomic E-state index is -0.750. The molecule has 1 rings (SSSR count). The summed E-state index contributed by atoms with van der Waals surface area (Å²) in [4.78, 5) is 27.2. The Labute approximate surface area is 99.2 Å². The summed E-state index contributed by atoms with van der Waals surface area (Å²) < 4.78 is 4.91. The topological polar surface area (TPSA) is 64.6 Å². The van der Waals surface area contributed by atoms with E-state index in [1.165, 1.54) is 0 Å². The summed E-state index contributed by atoms with van der Waals surface area (Å²) in [5, 5.41) is 0.257. The first-order valence-electron chi connectivity index (χ1n) is 5.11. The summed E-state index contributed by atoms with van der Waals surface area (Å²) in [7, 11) is 0. The SMILES string of the molecule is CC1SCC1C(=O)ONC(=O)OC(C)(C)C. The van der Waals surface area contributed by atoms with Gasteiger partial charge in [0.15, 0.2) is 0 Å². The maximum absolute atomic E-state index is 11.4. The van der Waals surface area contributed by atoms with Gasteiger partial charge in [-0.15, -0.1) is 5.48 Å². The fourth-order valence-electron chi connectivity index (χ4n) is 1.11. The molecule has 0 aromatic heterocycles. The first-order valence-corrected chi connectivity index (χ1v) is 6.16. The minimum absolute atomic E-state index is 0.125. The number of carbonyl (C=O) groups is 2. The normalized spacial score (nSPS) is 24.2. The van der Waals surface area contributed by atoms with E-state index in [0.717, 1.165) is 5.75 Å². The highest BCUT2D eigenvalue weighted by Crippen LogP contribution is 2.34. The molecule has 0 spiro atoms. The number of carbonyl (C=O) groups excluding carboxylic acids is 2. The second kappa shape index (κ2) is 4.95. The molecular weight excluding hydrogens is 230 g/mol. The quantitative estimate of drug-likeness (QED) is 0.715. The van der Waals surface area contributed by atoms with Gasteiger partial charge in [0.05, 0.1) is 5.92 Å². The molecule has 0 bridgehead atoms. The van der Waals surface area contributed by atoms with E-state index in [-0.39, 0.29) is 11.2 Å². The molecule has 1 saturated heterocycles. The van der Waals surface area contributed by atoms with Crippen LogP contribution in [0.3, 0.4) is 0 Å². The summed E-state index contributed by atoms with van der Waals surface area (Å²) >= 11 is 1.70. The highest BCUT2D eigenvalue weighted by Gasteiger charge is 2.36. The van der Waals surface area contributed by atoms with Crippen LogP contribution in [0.1, 0.15) is 27.7 Å². The van der Waals surface area contributed by atoms with Crippen LogP contribution < -0.4 is 5.48 Å². The van der Waals surface area contributed by atoms with E-state index < -0.39 is 17.7 Å². The van der Waals surface area contributed by atoms with Crippen molar-refractivity contribution in [1.29, 1.82) is 0 Å². The number of nitrogens with one attached hydrogen (secondary N) is 1. The van der Waals surface area contributed by atoms with Gasteiger partial charge in [0, 0.05) is 11.0 Å². The molecule has 0 aliphatic carbocycles. The smallest absolute Gasteiger partial charge is 0.441 e. The lowest BCUT2D eigenvalue weighted by Crippen LogP contribution is -2.41. The average molecular weight is 247 g/mol. The zero-order chi connectivity index (χ0) is 12.3. The lowest BCUT2D eigenvalue weighted by Gasteiger charge is -2.30. The van der Waals surface area contributed by atoms with Crippen molar-refractivity contribution in [3.8, 4) is 0 Å². The van der Waals surface area contributed by atoms with Crippen molar-refractivity contribution in [2.45, 2.75) is 38.5 Å². The predicted octanol–water partition coefficient (Wildman–Crippen LogP) is 1.72. The standard InChI is InChI=1S/C10H17NO4S/c1-6-7(5-16-6)8(12)15-11-9(13)14-10(2,3)4/h6-7H,5H2,1-4H3,(H,11,13). The Morgan fingerprint density at radius 2 is 2.00 bits per heavy atom. The maximum Gasteiger partial charge on any atom is 0.441 e. The van der Waals surface area contributed by atoms with E-state index in [1.54, 1.807) is 32.5 Å². The molecule has 1 aliphatic heterocycles. The number of ether oxygens (including phenoxy) is 1. The Hall–Kier alpha value is -0.910. The summed E-state index contributed by atoms with van der Waals surface area (Å²) in [5.41, 5.74) is 1.39. The third-order valence-corrected chi connectivity index (χ3v) is 3.45. The van der Waals surface area contributed by atoms with Gasteiger partial charge in [0.25, 0.3) is 0 Å². The number of thioether (sulfide) groups is 1. The fraction of sp³-hybridized carbons (Fsp3) is 0.800. The molecule has 5 nitrogen and oxygen atoms in total. The van der Waals surface area contributed by atoms with Crippen LogP contribution in [-0.2, 0) is 14.4 Å². The zero-order valence-corrected chi connectivity index (χ0v) is 10.7. The Kier molecular flexibility index (Phi) is 4.07. The molecule has 6 heteroatoms. The molecule has 92 valence electrons. The molecule has 0 saturated carbocycles. The molecule has 0 radical (unpaired) electrons. The predicted molar refractivity (Wildman–Crippen MR) is 60.9 cm³/mol. The van der Waals surface area contributed by atoms with Crippen LogP contribution in [0.4, 0.5) is 4.79 Å². The first kappa shape index (κ1) is 13.2. The lowest BCUT2D eigenvalue weighted by atomic mass is 10.1. The van der Waals surface area contributed by atoms with Crippen LogP contribution >= 0.6 is 11.8 Å². The van der Waals surface area contributed by atoms with Gasteiger partial charge in [0.1, 0.15) is 5.60 Å². The van der Waals surface area contributed by atoms with Crippen molar-refractivity contribution in [2.24, 2.45) is 5.92 Å². The van der Waals surface area contributed by atoms with Crippen LogP contribution in [0.5, 0.6) is 0 Å². The van der Waals surface area contributed by atoms with Crippen molar-refractivity contribution in [2.75, 3.05) is 5.75 Å². The summed E-state index contributed by atoms with van der Waals surface area (Å²) in [6.45, 7) is 7.16. The van der Waals surface area contributed by atoms with Crippen LogP contribution in [-0.4, -0.2) is 28.7 Å². The van der Waals surface area contributed by atoms with E-state index in [0.29, 0.717) is 0 Å². The maximum atomic E-state index is 11.4. The van der Waals surface area contributed by atoms with Crippen LogP contribution in [0.25, 0.3) is 0 Å². The molecule has 2 unspecified atom stereocenters. The Balaban J connectivity index is 2.24. The minimum Gasteiger partial charge on any atom is -0.442 e. The number of amides is 1. The fourth-order valence-corrected chi connectivity index (χ4v) is 2.13. The molecule has 1 aliphatic rings. The van der Waals surface area contributed by atoms with E-state index in [4.69, 9.17) is 4.74 Å². The molecule has 2 atom stereocenters. The largest absolute Gasteiger partial charge is 0.442 e. The van der Waals surface area contributed by atoms with Crippen molar-refractivity contribution in [1.82, 2.24) is 5.48 Å². The van der Waals surface area contributed by atoms with Crippen molar-refractivity contribution < 1.29 is 19.2 Å². The van der Waals surface area contributed by atoms with Gasteiger partial charge < -0.3 is 9.57 Å². The molecule has 0 aromatic rings. The number of hydrogen-bond acceptors (Lipinski definition) is 5. The van der Waals surface area contributed by atoms with Gasteiger partial charge in [-0.2, -0.15) is 11.8 Å². The molecule has 0 aromatic carbocycles. The Bertz CT molecular complexity index is 287. The molecule has 16 heavy (non-hydrogen) atoms. The average Bonchev–Trinajstić information content (AvgIpc) is 2.09. The molecule has 1 fully saturated rings. The van der Waals surface area contributed by atoms with E-state index in [2.05, 4.69) is 4.84 Å². The highest BCUT2D eigenvalue weighted by atomic mass is 32.2.